The fourth-order valence-corrected chi connectivity index (χ4v) is 3.05. The van der Waals surface area contributed by atoms with Crippen molar-refractivity contribution < 1.29 is 0 Å². The molecule has 0 aliphatic heterocycles. The molecular weight excluding hydrogens is 280 g/mol. The van der Waals surface area contributed by atoms with Crippen LogP contribution in [0.4, 0.5) is 0 Å². The molecule has 0 radical (unpaired) electrons. The lowest BCUT2D eigenvalue weighted by atomic mass is 10.0. The molecule has 2 atom stereocenters. The van der Waals surface area contributed by atoms with Crippen LogP contribution in [0, 0.1) is 5.92 Å². The molecule has 21 heavy (non-hydrogen) atoms. The van der Waals surface area contributed by atoms with E-state index < -0.39 is 0 Å². The van der Waals surface area contributed by atoms with Crippen LogP contribution >= 0.6 is 11.6 Å². The van der Waals surface area contributed by atoms with Gasteiger partial charge < -0.3 is 10.2 Å². The Morgan fingerprint density at radius 3 is 2.43 bits per heavy atom. The van der Waals surface area contributed by atoms with Gasteiger partial charge in [-0.2, -0.15) is 0 Å². The molecular formula is C18H31ClN2. The van der Waals surface area contributed by atoms with Crippen LogP contribution in [0.25, 0.3) is 0 Å². The SMILES string of the molecule is CCNC(CCN(C)C(C)CC(C)C)c1ccccc1Cl. The number of halogens is 1. The Kier molecular flexibility index (Phi) is 8.31. The van der Waals surface area contributed by atoms with E-state index in [0.717, 1.165) is 30.5 Å². The Balaban J connectivity index is 2.61. The summed E-state index contributed by atoms with van der Waals surface area (Å²) < 4.78 is 0. The first kappa shape index (κ1) is 18.5. The molecule has 1 aromatic carbocycles. The molecule has 0 fully saturated rings. The number of hydrogen-bond donors (Lipinski definition) is 1. The van der Waals surface area contributed by atoms with Gasteiger partial charge in [-0.15, -0.1) is 0 Å². The summed E-state index contributed by atoms with van der Waals surface area (Å²) in [4.78, 5) is 2.46. The van der Waals surface area contributed by atoms with Crippen molar-refractivity contribution in [3.63, 3.8) is 0 Å². The Bertz CT molecular complexity index is 406. The van der Waals surface area contributed by atoms with Gasteiger partial charge in [0.15, 0.2) is 0 Å². The number of hydrogen-bond acceptors (Lipinski definition) is 2. The molecule has 120 valence electrons. The Morgan fingerprint density at radius 2 is 1.86 bits per heavy atom. The molecule has 0 aliphatic rings. The van der Waals surface area contributed by atoms with E-state index in [9.17, 15) is 0 Å². The maximum absolute atomic E-state index is 6.35. The van der Waals surface area contributed by atoms with E-state index in [1.54, 1.807) is 0 Å². The molecule has 2 unspecified atom stereocenters. The zero-order valence-electron chi connectivity index (χ0n) is 14.2. The van der Waals surface area contributed by atoms with Crippen molar-refractivity contribution in [1.29, 1.82) is 0 Å². The van der Waals surface area contributed by atoms with Gasteiger partial charge in [0, 0.05) is 17.1 Å². The molecule has 0 bridgehead atoms. The first-order valence-electron chi connectivity index (χ1n) is 8.13. The molecule has 0 spiro atoms. The van der Waals surface area contributed by atoms with Gasteiger partial charge in [-0.3, -0.25) is 0 Å². The third-order valence-corrected chi connectivity index (χ3v) is 4.41. The zero-order chi connectivity index (χ0) is 15.8. The highest BCUT2D eigenvalue weighted by atomic mass is 35.5. The minimum absolute atomic E-state index is 0.331. The number of rotatable bonds is 9. The van der Waals surface area contributed by atoms with E-state index in [1.165, 1.54) is 12.0 Å². The summed E-state index contributed by atoms with van der Waals surface area (Å²) in [6.07, 6.45) is 2.32. The van der Waals surface area contributed by atoms with Crippen molar-refractivity contribution >= 4 is 11.6 Å². The van der Waals surface area contributed by atoms with Gasteiger partial charge in [0.05, 0.1) is 0 Å². The smallest absolute Gasteiger partial charge is 0.0453 e. The molecule has 0 saturated heterocycles. The van der Waals surface area contributed by atoms with Gasteiger partial charge in [0.1, 0.15) is 0 Å². The van der Waals surface area contributed by atoms with Crippen LogP contribution in [-0.2, 0) is 0 Å². The van der Waals surface area contributed by atoms with Gasteiger partial charge >= 0.3 is 0 Å². The monoisotopic (exact) mass is 310 g/mol. The van der Waals surface area contributed by atoms with E-state index in [2.05, 4.69) is 57.1 Å². The van der Waals surface area contributed by atoms with Crippen LogP contribution in [0.5, 0.6) is 0 Å². The van der Waals surface area contributed by atoms with Crippen LogP contribution in [0.15, 0.2) is 24.3 Å². The third kappa shape index (κ3) is 6.37. The van der Waals surface area contributed by atoms with Crippen LogP contribution < -0.4 is 5.32 Å². The molecule has 0 heterocycles. The summed E-state index contributed by atoms with van der Waals surface area (Å²) in [5.41, 5.74) is 1.21. The Morgan fingerprint density at radius 1 is 1.19 bits per heavy atom. The van der Waals surface area contributed by atoms with Crippen LogP contribution in [0.2, 0.25) is 5.02 Å². The van der Waals surface area contributed by atoms with Gasteiger partial charge in [0.2, 0.25) is 0 Å². The highest BCUT2D eigenvalue weighted by molar-refractivity contribution is 6.31. The van der Waals surface area contributed by atoms with E-state index in [-0.39, 0.29) is 0 Å². The van der Waals surface area contributed by atoms with E-state index >= 15 is 0 Å². The predicted octanol–water partition coefficient (Wildman–Crippen LogP) is 4.75. The molecule has 1 rings (SSSR count). The molecule has 0 aromatic heterocycles. The minimum atomic E-state index is 0.331. The standard InChI is InChI=1S/C18H31ClN2/c1-6-20-18(16-9-7-8-10-17(16)19)11-12-21(5)15(4)13-14(2)3/h7-10,14-15,18,20H,6,11-13H2,1-5H3. The summed E-state index contributed by atoms with van der Waals surface area (Å²) in [5, 5.41) is 4.43. The van der Waals surface area contributed by atoms with Crippen molar-refractivity contribution in [1.82, 2.24) is 10.2 Å². The van der Waals surface area contributed by atoms with Crippen molar-refractivity contribution in [3.05, 3.63) is 34.9 Å². The predicted molar refractivity (Wildman–Crippen MR) is 94.0 cm³/mol. The van der Waals surface area contributed by atoms with E-state index in [4.69, 9.17) is 11.6 Å². The lowest BCUT2D eigenvalue weighted by Crippen LogP contribution is -2.33. The summed E-state index contributed by atoms with van der Waals surface area (Å²) in [6.45, 7) is 11.1. The molecule has 0 amide bonds. The van der Waals surface area contributed by atoms with E-state index in [0.29, 0.717) is 12.1 Å². The van der Waals surface area contributed by atoms with Crippen LogP contribution in [-0.4, -0.2) is 31.1 Å². The first-order valence-corrected chi connectivity index (χ1v) is 8.51. The largest absolute Gasteiger partial charge is 0.310 e. The average Bonchev–Trinajstić information content (AvgIpc) is 2.43. The fraction of sp³-hybridized carbons (Fsp3) is 0.667. The normalized spacial score (nSPS) is 14.7. The highest BCUT2D eigenvalue weighted by Crippen LogP contribution is 2.25. The summed E-state index contributed by atoms with van der Waals surface area (Å²) in [6, 6.07) is 9.12. The number of nitrogens with one attached hydrogen (secondary N) is 1. The number of nitrogens with zero attached hydrogens (tertiary/aromatic N) is 1. The zero-order valence-corrected chi connectivity index (χ0v) is 15.0. The maximum atomic E-state index is 6.35. The molecule has 0 saturated carbocycles. The second-order valence-corrected chi connectivity index (χ2v) is 6.79. The van der Waals surface area contributed by atoms with Gasteiger partial charge in [-0.25, -0.2) is 0 Å². The van der Waals surface area contributed by atoms with Gasteiger partial charge in [-0.1, -0.05) is 50.6 Å². The minimum Gasteiger partial charge on any atom is -0.310 e. The highest BCUT2D eigenvalue weighted by Gasteiger charge is 2.16. The molecule has 2 nitrogen and oxygen atoms in total. The quantitative estimate of drug-likeness (QED) is 0.708. The topological polar surface area (TPSA) is 15.3 Å². The van der Waals surface area contributed by atoms with Gasteiger partial charge in [0.25, 0.3) is 0 Å². The molecule has 3 heteroatoms. The van der Waals surface area contributed by atoms with Crippen molar-refractivity contribution in [2.24, 2.45) is 5.92 Å². The summed E-state index contributed by atoms with van der Waals surface area (Å²) in [7, 11) is 2.22. The number of benzene rings is 1. The van der Waals surface area contributed by atoms with Crippen molar-refractivity contribution in [2.45, 2.75) is 52.6 Å². The van der Waals surface area contributed by atoms with Gasteiger partial charge in [-0.05, 0) is 57.5 Å². The Hall–Kier alpha value is -0.570. The third-order valence-electron chi connectivity index (χ3n) is 4.07. The Labute approximate surface area is 135 Å². The summed E-state index contributed by atoms with van der Waals surface area (Å²) in [5.74, 6) is 0.746. The molecule has 0 aliphatic carbocycles. The fourth-order valence-electron chi connectivity index (χ4n) is 2.79. The summed E-state index contributed by atoms with van der Waals surface area (Å²) >= 11 is 6.35. The second-order valence-electron chi connectivity index (χ2n) is 6.38. The van der Waals surface area contributed by atoms with Crippen molar-refractivity contribution in [2.75, 3.05) is 20.1 Å². The first-order chi connectivity index (χ1) is 9.95. The van der Waals surface area contributed by atoms with Crippen molar-refractivity contribution in [3.8, 4) is 0 Å². The molecule has 1 aromatic rings. The molecule has 1 N–H and O–H groups in total. The lowest BCUT2D eigenvalue weighted by molar-refractivity contribution is 0.217. The van der Waals surface area contributed by atoms with Crippen LogP contribution in [0.3, 0.4) is 0 Å². The van der Waals surface area contributed by atoms with E-state index in [1.807, 2.05) is 12.1 Å². The van der Waals surface area contributed by atoms with Crippen LogP contribution in [0.1, 0.15) is 52.1 Å². The average molecular weight is 311 g/mol. The maximum Gasteiger partial charge on any atom is 0.0453 e. The lowest BCUT2D eigenvalue weighted by Gasteiger charge is -2.28. The second kappa shape index (κ2) is 9.45.